The second-order valence-corrected chi connectivity index (χ2v) is 26.1. The molecule has 0 aliphatic heterocycles. The molecule has 2 aliphatic rings. The maximum Gasteiger partial charge on any atom is 0.325 e. The van der Waals surface area contributed by atoms with Crippen molar-refractivity contribution in [3.05, 3.63) is 0 Å². The van der Waals surface area contributed by atoms with Crippen molar-refractivity contribution in [1.82, 2.24) is 0 Å². The van der Waals surface area contributed by atoms with E-state index >= 15 is 0 Å². The predicted molar refractivity (Wildman–Crippen MR) is 123 cm³/mol. The van der Waals surface area contributed by atoms with Crippen LogP contribution in [-0.2, 0) is 12.3 Å². The zero-order valence-electron chi connectivity index (χ0n) is 18.9. The molecule has 27 heavy (non-hydrogen) atoms. The summed E-state index contributed by atoms with van der Waals surface area (Å²) in [6.45, 7) is 15.0. The van der Waals surface area contributed by atoms with Crippen LogP contribution in [0.5, 0.6) is 0 Å². The molecule has 0 radical (unpaired) electrons. The molecule has 0 bridgehead atoms. The van der Waals surface area contributed by atoms with Gasteiger partial charge in [0.1, 0.15) is 0 Å². The van der Waals surface area contributed by atoms with E-state index in [0.29, 0.717) is 11.1 Å². The lowest BCUT2D eigenvalue weighted by Gasteiger charge is -2.51. The summed E-state index contributed by atoms with van der Waals surface area (Å²) in [4.78, 5) is 10.5. The molecule has 0 saturated heterocycles. The van der Waals surface area contributed by atoms with E-state index in [9.17, 15) is 4.80 Å². The van der Waals surface area contributed by atoms with Crippen LogP contribution >= 0.6 is 0 Å². The van der Waals surface area contributed by atoms with Crippen LogP contribution < -0.4 is 0 Å². The largest absolute Gasteiger partial charge is 0.436 e. The van der Waals surface area contributed by atoms with E-state index in [0.717, 1.165) is 0 Å². The summed E-state index contributed by atoms with van der Waals surface area (Å²) in [6, 6.07) is 0. The Labute approximate surface area is 172 Å². The van der Waals surface area contributed by atoms with Gasteiger partial charge in [-0.3, -0.25) is 0 Å². The molecule has 0 heterocycles. The average molecular weight is 449 g/mol. The maximum atomic E-state index is 10.5. The van der Waals surface area contributed by atoms with Gasteiger partial charge in [-0.2, -0.15) is 0 Å². The van der Waals surface area contributed by atoms with Gasteiger partial charge in [0, 0.05) is 11.1 Å². The Kier molecular flexibility index (Phi) is 8.21. The molecule has 0 aromatic heterocycles. The molecule has 0 aromatic rings. The zero-order chi connectivity index (χ0) is 20.3. The third kappa shape index (κ3) is 7.47. The minimum Gasteiger partial charge on any atom is -0.436 e. The Balaban J connectivity index is 2.41. The van der Waals surface area contributed by atoms with Crippen LogP contribution in [0.25, 0.3) is 0 Å². The van der Waals surface area contributed by atoms with E-state index < -0.39 is 34.0 Å². The highest BCUT2D eigenvalue weighted by Crippen LogP contribution is 2.51. The standard InChI is InChI=1S/C19H44O4Si4/c1-24(2,3)21-27(18-14-10-8-11-15-18,19-16-12-9-13-17-19)23-26(6,7)22-25(4,5)20/h18-20H,8-17H2,1-7H3. The van der Waals surface area contributed by atoms with Crippen molar-refractivity contribution in [3.8, 4) is 0 Å². The van der Waals surface area contributed by atoms with E-state index in [1.165, 1.54) is 64.2 Å². The molecule has 2 rings (SSSR count). The molecule has 2 saturated carbocycles. The highest BCUT2D eigenvalue weighted by molar-refractivity contribution is 6.90. The third-order valence-electron chi connectivity index (χ3n) is 5.71. The first-order valence-electron chi connectivity index (χ1n) is 11.2. The molecule has 8 heteroatoms. The Morgan fingerprint density at radius 3 is 1.33 bits per heavy atom. The molecule has 4 nitrogen and oxygen atoms in total. The lowest BCUT2D eigenvalue weighted by Crippen LogP contribution is -2.63. The second-order valence-electron chi connectivity index (χ2n) is 10.7. The zero-order valence-corrected chi connectivity index (χ0v) is 22.9. The fourth-order valence-corrected chi connectivity index (χ4v) is 23.7. The molecule has 160 valence electrons. The van der Waals surface area contributed by atoms with Crippen LogP contribution in [0.4, 0.5) is 0 Å². The van der Waals surface area contributed by atoms with Gasteiger partial charge in [0.2, 0.25) is 0 Å². The van der Waals surface area contributed by atoms with Gasteiger partial charge in [-0.1, -0.05) is 38.5 Å². The van der Waals surface area contributed by atoms with Crippen molar-refractivity contribution in [1.29, 1.82) is 0 Å². The first kappa shape index (κ1) is 24.0. The van der Waals surface area contributed by atoms with Crippen molar-refractivity contribution in [2.24, 2.45) is 0 Å². The van der Waals surface area contributed by atoms with E-state index in [2.05, 4.69) is 32.7 Å². The summed E-state index contributed by atoms with van der Waals surface area (Å²) in [5.74, 6) is 0. The second kappa shape index (κ2) is 9.24. The Morgan fingerprint density at radius 2 is 1.00 bits per heavy atom. The van der Waals surface area contributed by atoms with Crippen LogP contribution in [0, 0.1) is 0 Å². The number of rotatable bonds is 8. The van der Waals surface area contributed by atoms with Gasteiger partial charge in [-0.05, 0) is 71.5 Å². The quantitative estimate of drug-likeness (QED) is 0.438. The average Bonchev–Trinajstić information content (AvgIpc) is 2.52. The molecule has 0 aromatic carbocycles. The van der Waals surface area contributed by atoms with Crippen LogP contribution in [0.1, 0.15) is 64.2 Å². The SMILES string of the molecule is C[Si](C)(C)O[Si](O[Si](C)(C)O[Si](C)(C)O)(C1CCCCC1)C1CCCCC1. The van der Waals surface area contributed by atoms with Crippen molar-refractivity contribution in [3.63, 3.8) is 0 Å². The normalized spacial score (nSPS) is 22.2. The molecular weight excluding hydrogens is 405 g/mol. The van der Waals surface area contributed by atoms with Crippen LogP contribution in [0.2, 0.25) is 56.9 Å². The molecule has 0 unspecified atom stereocenters. The summed E-state index contributed by atoms with van der Waals surface area (Å²) >= 11 is 0. The Hall–Kier alpha value is 0.708. The van der Waals surface area contributed by atoms with Gasteiger partial charge in [-0.25, -0.2) is 0 Å². The van der Waals surface area contributed by atoms with E-state index in [4.69, 9.17) is 12.3 Å². The van der Waals surface area contributed by atoms with Gasteiger partial charge in [0.15, 0.2) is 8.32 Å². The molecule has 0 spiro atoms. The van der Waals surface area contributed by atoms with Gasteiger partial charge in [0.25, 0.3) is 0 Å². The fraction of sp³-hybridized carbons (Fsp3) is 1.00. The van der Waals surface area contributed by atoms with E-state index in [1.54, 1.807) is 0 Å². The fourth-order valence-electron chi connectivity index (χ4n) is 5.18. The maximum absolute atomic E-state index is 10.5. The van der Waals surface area contributed by atoms with Crippen LogP contribution in [-0.4, -0.2) is 38.8 Å². The monoisotopic (exact) mass is 448 g/mol. The summed E-state index contributed by atoms with van der Waals surface area (Å²) in [6.07, 6.45) is 13.0. The van der Waals surface area contributed by atoms with E-state index in [-0.39, 0.29) is 0 Å². The van der Waals surface area contributed by atoms with Crippen LogP contribution in [0.15, 0.2) is 0 Å². The summed E-state index contributed by atoms with van der Waals surface area (Å²) in [5, 5.41) is 0. The van der Waals surface area contributed by atoms with Gasteiger partial charge in [-0.15, -0.1) is 0 Å². The molecule has 0 amide bonds. The highest BCUT2D eigenvalue weighted by atomic mass is 28.5. The smallest absolute Gasteiger partial charge is 0.325 e. The first-order valence-corrected chi connectivity index (χ1v) is 22.2. The molecule has 0 atom stereocenters. The van der Waals surface area contributed by atoms with Crippen molar-refractivity contribution in [2.75, 3.05) is 0 Å². The topological polar surface area (TPSA) is 47.9 Å². The van der Waals surface area contributed by atoms with Crippen LogP contribution in [0.3, 0.4) is 0 Å². The predicted octanol–water partition coefficient (Wildman–Crippen LogP) is 6.38. The lowest BCUT2D eigenvalue weighted by molar-refractivity contribution is 0.246. The minimum absolute atomic E-state index is 0.597. The molecule has 2 fully saturated rings. The number of hydrogen-bond acceptors (Lipinski definition) is 4. The third-order valence-corrected chi connectivity index (χ3v) is 20.1. The first-order chi connectivity index (χ1) is 12.3. The van der Waals surface area contributed by atoms with Gasteiger partial charge >= 0.3 is 25.7 Å². The molecule has 1 N–H and O–H groups in total. The van der Waals surface area contributed by atoms with Crippen molar-refractivity contribution in [2.45, 2.75) is 121 Å². The summed E-state index contributed by atoms with van der Waals surface area (Å²) in [7, 11) is -9.33. The lowest BCUT2D eigenvalue weighted by atomic mass is 9.99. The molecule has 2 aliphatic carbocycles. The van der Waals surface area contributed by atoms with Gasteiger partial charge in [0.05, 0.1) is 0 Å². The summed E-state index contributed by atoms with van der Waals surface area (Å²) < 4.78 is 20.7. The van der Waals surface area contributed by atoms with Crippen molar-refractivity contribution < 1.29 is 17.1 Å². The summed E-state index contributed by atoms with van der Waals surface area (Å²) in [5.41, 5.74) is 1.19. The van der Waals surface area contributed by atoms with E-state index in [1.807, 2.05) is 13.1 Å². The highest BCUT2D eigenvalue weighted by Gasteiger charge is 2.57. The van der Waals surface area contributed by atoms with Gasteiger partial charge < -0.3 is 17.1 Å². The minimum atomic E-state index is -2.64. The van der Waals surface area contributed by atoms with Crippen molar-refractivity contribution >= 4 is 34.0 Å². The Morgan fingerprint density at radius 1 is 0.593 bits per heavy atom. The molecular formula is C19H44O4Si4. The Bertz CT molecular complexity index is 443. The number of hydrogen-bond donors (Lipinski definition) is 1.